The first kappa shape index (κ1) is 23.4. The molecule has 12 heteroatoms. The molecule has 0 spiro atoms. The molecule has 0 aliphatic carbocycles. The quantitative estimate of drug-likeness (QED) is 0.498. The average Bonchev–Trinajstić information content (AvgIpc) is 3.28. The number of halogens is 3. The zero-order valence-corrected chi connectivity index (χ0v) is 19.4. The summed E-state index contributed by atoms with van der Waals surface area (Å²) in [4.78, 5) is 10.7. The maximum Gasteiger partial charge on any atom is 0.302 e. The average molecular weight is 483 g/mol. The molecule has 3 heterocycles. The van der Waals surface area contributed by atoms with Crippen LogP contribution in [-0.2, 0) is 28.6 Å². The summed E-state index contributed by atoms with van der Waals surface area (Å²) in [6.07, 6.45) is -0.250. The van der Waals surface area contributed by atoms with E-state index in [0.29, 0.717) is 28.4 Å². The number of nitrogens with zero attached hydrogens (tertiary/aromatic N) is 6. The van der Waals surface area contributed by atoms with Gasteiger partial charge in [-0.2, -0.15) is 8.42 Å². The molecule has 8 nitrogen and oxygen atoms in total. The fraction of sp³-hybridized carbons (Fsp3) is 0.524. The van der Waals surface area contributed by atoms with Gasteiger partial charge in [0.2, 0.25) is 0 Å². The lowest BCUT2D eigenvalue weighted by atomic mass is 9.96. The van der Waals surface area contributed by atoms with Gasteiger partial charge < -0.3 is 4.90 Å². The van der Waals surface area contributed by atoms with E-state index in [1.54, 1.807) is 24.3 Å². The van der Waals surface area contributed by atoms with Crippen molar-refractivity contribution in [2.75, 3.05) is 23.7 Å². The van der Waals surface area contributed by atoms with Crippen LogP contribution in [0.2, 0.25) is 0 Å². The Labute approximate surface area is 190 Å². The van der Waals surface area contributed by atoms with Crippen LogP contribution in [0.25, 0.3) is 11.2 Å². The minimum Gasteiger partial charge on any atom is -0.348 e. The zero-order chi connectivity index (χ0) is 24.0. The van der Waals surface area contributed by atoms with Crippen LogP contribution < -0.4 is 4.90 Å². The molecule has 1 aliphatic rings. The van der Waals surface area contributed by atoms with Gasteiger partial charge in [0.15, 0.2) is 17.0 Å². The number of rotatable bonds is 6. The van der Waals surface area contributed by atoms with Crippen LogP contribution in [-0.4, -0.2) is 58.1 Å². The fourth-order valence-electron chi connectivity index (χ4n) is 3.77. The van der Waals surface area contributed by atoms with E-state index in [1.807, 2.05) is 20.8 Å². The van der Waals surface area contributed by atoms with Crippen LogP contribution in [0.3, 0.4) is 0 Å². The van der Waals surface area contributed by atoms with E-state index in [0.717, 1.165) is 5.56 Å². The molecule has 0 saturated carbocycles. The second-order valence-corrected chi connectivity index (χ2v) is 10.8. The predicted molar refractivity (Wildman–Crippen MR) is 118 cm³/mol. The zero-order valence-electron chi connectivity index (χ0n) is 18.6. The van der Waals surface area contributed by atoms with Gasteiger partial charge in [-0.25, -0.2) is 23.4 Å². The lowest BCUT2D eigenvalue weighted by Crippen LogP contribution is -2.27. The smallest absolute Gasteiger partial charge is 0.302 e. The molecular weight excluding hydrogens is 457 g/mol. The number of fused-ring (bicyclic) bond motifs is 1. The second-order valence-electron chi connectivity index (χ2n) is 9.33. The van der Waals surface area contributed by atoms with Crippen molar-refractivity contribution in [3.05, 3.63) is 41.2 Å². The minimum atomic E-state index is -4.60. The monoisotopic (exact) mass is 482 g/mol. The summed E-state index contributed by atoms with van der Waals surface area (Å²) in [6, 6.07) is 7.05. The van der Waals surface area contributed by atoms with Crippen LogP contribution in [0.5, 0.6) is 0 Å². The molecule has 1 aliphatic heterocycles. The Morgan fingerprint density at radius 1 is 1.12 bits per heavy atom. The number of hydrogen-bond donors (Lipinski definition) is 0. The van der Waals surface area contributed by atoms with Gasteiger partial charge in [-0.3, -0.25) is 0 Å². The van der Waals surface area contributed by atoms with E-state index < -0.39 is 33.9 Å². The predicted octanol–water partition coefficient (Wildman–Crippen LogP) is 3.25. The summed E-state index contributed by atoms with van der Waals surface area (Å²) in [6.45, 7) is 5.69. The molecule has 0 amide bonds. The van der Waals surface area contributed by atoms with Crippen molar-refractivity contribution in [1.82, 2.24) is 25.0 Å². The minimum absolute atomic E-state index is 0.0119. The van der Waals surface area contributed by atoms with Gasteiger partial charge in [0.25, 0.3) is 5.92 Å². The Hall–Kier alpha value is -2.76. The summed E-state index contributed by atoms with van der Waals surface area (Å²) in [5, 5.41) is 8.38. The SMILES string of the molecule is CC(C)(C)c1nc(N2CCC(F)(F)C2)c2nnn(Cc3ccccc3CCS(=O)(=O)F)c2n1. The van der Waals surface area contributed by atoms with E-state index in [2.05, 4.69) is 20.3 Å². The standard InChI is InChI=1S/C21H25F3N6O2S/c1-20(2,3)19-25-17(29-10-9-21(22,23)13-29)16-18(26-19)30(28-27-16)12-15-7-5-4-6-14(15)8-11-33(24,31)32/h4-7H,8-13H2,1-3H3. The molecular formula is C21H25F3N6O2S. The van der Waals surface area contributed by atoms with Gasteiger partial charge in [0, 0.05) is 18.4 Å². The van der Waals surface area contributed by atoms with Crippen LogP contribution in [0, 0.1) is 0 Å². The van der Waals surface area contributed by atoms with Crippen molar-refractivity contribution in [1.29, 1.82) is 0 Å². The molecule has 0 atom stereocenters. The van der Waals surface area contributed by atoms with Crippen molar-refractivity contribution in [2.24, 2.45) is 0 Å². The van der Waals surface area contributed by atoms with E-state index in [9.17, 15) is 21.1 Å². The third kappa shape index (κ3) is 5.26. The summed E-state index contributed by atoms with van der Waals surface area (Å²) in [5.74, 6) is -2.62. The lowest BCUT2D eigenvalue weighted by Gasteiger charge is -2.22. The van der Waals surface area contributed by atoms with Crippen molar-refractivity contribution in [2.45, 2.75) is 51.5 Å². The van der Waals surface area contributed by atoms with Crippen LogP contribution in [0.15, 0.2) is 24.3 Å². The Balaban J connectivity index is 1.76. The number of aromatic nitrogens is 5. The molecule has 2 aromatic heterocycles. The van der Waals surface area contributed by atoms with Crippen molar-refractivity contribution in [3.63, 3.8) is 0 Å². The molecule has 0 unspecified atom stereocenters. The molecule has 3 aromatic rings. The third-order valence-corrected chi connectivity index (χ3v) is 6.23. The van der Waals surface area contributed by atoms with Crippen molar-refractivity contribution >= 4 is 27.2 Å². The highest BCUT2D eigenvalue weighted by Crippen LogP contribution is 2.34. The molecule has 33 heavy (non-hydrogen) atoms. The number of alkyl halides is 2. The Kier molecular flexibility index (Phi) is 5.83. The van der Waals surface area contributed by atoms with Gasteiger partial charge in [-0.1, -0.05) is 50.3 Å². The highest BCUT2D eigenvalue weighted by atomic mass is 32.3. The van der Waals surface area contributed by atoms with Gasteiger partial charge in [-0.05, 0) is 17.5 Å². The first-order valence-electron chi connectivity index (χ1n) is 10.6. The van der Waals surface area contributed by atoms with Crippen molar-refractivity contribution in [3.8, 4) is 0 Å². The molecule has 1 fully saturated rings. The van der Waals surface area contributed by atoms with E-state index in [1.165, 1.54) is 9.58 Å². The molecule has 1 aromatic carbocycles. The molecule has 178 valence electrons. The molecule has 4 rings (SSSR count). The van der Waals surface area contributed by atoms with Gasteiger partial charge in [0.1, 0.15) is 5.82 Å². The third-order valence-electron chi connectivity index (χ3n) is 5.54. The molecule has 1 saturated heterocycles. The van der Waals surface area contributed by atoms with Crippen LogP contribution >= 0.6 is 0 Å². The topological polar surface area (TPSA) is 93.9 Å². The van der Waals surface area contributed by atoms with Crippen LogP contribution in [0.4, 0.5) is 18.5 Å². The number of benzene rings is 1. The van der Waals surface area contributed by atoms with Crippen molar-refractivity contribution < 1.29 is 21.1 Å². The number of aryl methyl sites for hydroxylation is 1. The first-order valence-corrected chi connectivity index (χ1v) is 12.1. The summed E-state index contributed by atoms with van der Waals surface area (Å²) < 4.78 is 64.4. The molecule has 0 N–H and O–H groups in total. The van der Waals surface area contributed by atoms with Gasteiger partial charge in [-0.15, -0.1) is 8.98 Å². The summed E-state index contributed by atoms with van der Waals surface area (Å²) in [7, 11) is -4.60. The molecule has 0 radical (unpaired) electrons. The van der Waals surface area contributed by atoms with E-state index in [-0.39, 0.29) is 25.9 Å². The Morgan fingerprint density at radius 3 is 2.42 bits per heavy atom. The Bertz CT molecular complexity index is 1290. The van der Waals surface area contributed by atoms with Crippen LogP contribution in [0.1, 0.15) is 44.1 Å². The number of anilines is 1. The first-order chi connectivity index (χ1) is 15.3. The highest BCUT2D eigenvalue weighted by Gasteiger charge is 2.40. The maximum absolute atomic E-state index is 13.9. The lowest BCUT2D eigenvalue weighted by molar-refractivity contribution is 0.0257. The van der Waals surface area contributed by atoms with Gasteiger partial charge >= 0.3 is 10.2 Å². The normalized spacial score (nSPS) is 16.6. The Morgan fingerprint density at radius 2 is 1.82 bits per heavy atom. The largest absolute Gasteiger partial charge is 0.348 e. The highest BCUT2D eigenvalue weighted by molar-refractivity contribution is 7.86. The summed E-state index contributed by atoms with van der Waals surface area (Å²) in [5.41, 5.74) is 1.66. The van der Waals surface area contributed by atoms with Gasteiger partial charge in [0.05, 0.1) is 18.8 Å². The van der Waals surface area contributed by atoms with E-state index >= 15 is 0 Å². The fourth-order valence-corrected chi connectivity index (χ4v) is 4.23. The number of hydrogen-bond acceptors (Lipinski definition) is 7. The second kappa shape index (κ2) is 8.23. The van der Waals surface area contributed by atoms with E-state index in [4.69, 9.17) is 0 Å². The maximum atomic E-state index is 13.9. The summed E-state index contributed by atoms with van der Waals surface area (Å²) >= 11 is 0. The molecule has 0 bridgehead atoms.